The SMILES string of the molecule is CCC(CC)CC(=O)NC1(CC(=O)O)CCOC1. The maximum Gasteiger partial charge on any atom is 0.305 e. The molecule has 5 heteroatoms. The number of hydrogen-bond donors (Lipinski definition) is 2. The first-order valence-corrected chi connectivity index (χ1v) is 6.62. The largest absolute Gasteiger partial charge is 0.481 e. The van der Waals surface area contributed by atoms with Crippen molar-refractivity contribution in [3.8, 4) is 0 Å². The third-order valence-electron chi connectivity index (χ3n) is 3.63. The number of nitrogens with one attached hydrogen (secondary N) is 1. The Balaban J connectivity index is 2.55. The van der Waals surface area contributed by atoms with E-state index in [0.29, 0.717) is 32.0 Å². The van der Waals surface area contributed by atoms with Crippen molar-refractivity contribution in [2.24, 2.45) is 5.92 Å². The van der Waals surface area contributed by atoms with Gasteiger partial charge in [-0.15, -0.1) is 0 Å². The zero-order valence-corrected chi connectivity index (χ0v) is 11.2. The van der Waals surface area contributed by atoms with Gasteiger partial charge < -0.3 is 15.2 Å². The quantitative estimate of drug-likeness (QED) is 0.725. The molecule has 1 saturated heterocycles. The summed E-state index contributed by atoms with van der Waals surface area (Å²) in [5.41, 5.74) is -0.699. The van der Waals surface area contributed by atoms with E-state index in [9.17, 15) is 9.59 Å². The molecule has 104 valence electrons. The Labute approximate surface area is 108 Å². The molecule has 5 nitrogen and oxygen atoms in total. The molecule has 0 spiro atoms. The highest BCUT2D eigenvalue weighted by Gasteiger charge is 2.38. The van der Waals surface area contributed by atoms with Crippen molar-refractivity contribution in [1.29, 1.82) is 0 Å². The van der Waals surface area contributed by atoms with Gasteiger partial charge >= 0.3 is 5.97 Å². The molecule has 0 radical (unpaired) electrons. The van der Waals surface area contributed by atoms with E-state index < -0.39 is 11.5 Å². The number of carboxylic acids is 1. The fraction of sp³-hybridized carbons (Fsp3) is 0.846. The van der Waals surface area contributed by atoms with Gasteiger partial charge in [-0.1, -0.05) is 26.7 Å². The number of ether oxygens (including phenoxy) is 1. The Hall–Kier alpha value is -1.10. The predicted molar refractivity (Wildman–Crippen MR) is 67.3 cm³/mol. The summed E-state index contributed by atoms with van der Waals surface area (Å²) < 4.78 is 5.24. The van der Waals surface area contributed by atoms with Crippen LogP contribution in [0.15, 0.2) is 0 Å². The normalized spacial score (nSPS) is 23.3. The molecule has 0 aliphatic carbocycles. The molecular weight excluding hydrogens is 234 g/mol. The van der Waals surface area contributed by atoms with Crippen LogP contribution < -0.4 is 5.32 Å². The highest BCUT2D eigenvalue weighted by Crippen LogP contribution is 2.23. The van der Waals surface area contributed by atoms with Crippen molar-refractivity contribution >= 4 is 11.9 Å². The minimum atomic E-state index is -0.900. The van der Waals surface area contributed by atoms with Crippen LogP contribution in [0.3, 0.4) is 0 Å². The minimum Gasteiger partial charge on any atom is -0.481 e. The van der Waals surface area contributed by atoms with E-state index in [2.05, 4.69) is 19.2 Å². The van der Waals surface area contributed by atoms with Gasteiger partial charge in [-0.2, -0.15) is 0 Å². The van der Waals surface area contributed by atoms with E-state index in [0.717, 1.165) is 12.8 Å². The van der Waals surface area contributed by atoms with Gasteiger partial charge in [-0.3, -0.25) is 9.59 Å². The molecule has 0 saturated carbocycles. The van der Waals surface area contributed by atoms with Gasteiger partial charge in [0.05, 0.1) is 18.6 Å². The zero-order chi connectivity index (χ0) is 13.6. The fourth-order valence-corrected chi connectivity index (χ4v) is 2.37. The molecule has 1 amide bonds. The first kappa shape index (κ1) is 15.0. The van der Waals surface area contributed by atoms with E-state index in [1.165, 1.54) is 0 Å². The van der Waals surface area contributed by atoms with Crippen LogP contribution in [0.4, 0.5) is 0 Å². The Morgan fingerprint density at radius 2 is 2.06 bits per heavy atom. The highest BCUT2D eigenvalue weighted by atomic mass is 16.5. The molecule has 0 aromatic heterocycles. The van der Waals surface area contributed by atoms with Crippen molar-refractivity contribution in [1.82, 2.24) is 5.32 Å². The number of hydrogen-bond acceptors (Lipinski definition) is 3. The summed E-state index contributed by atoms with van der Waals surface area (Å²) in [6, 6.07) is 0. The maximum atomic E-state index is 12.0. The summed E-state index contributed by atoms with van der Waals surface area (Å²) in [7, 11) is 0. The van der Waals surface area contributed by atoms with E-state index >= 15 is 0 Å². The molecule has 0 aromatic carbocycles. The van der Waals surface area contributed by atoms with Gasteiger partial charge in [-0.05, 0) is 12.3 Å². The van der Waals surface area contributed by atoms with Crippen molar-refractivity contribution in [2.75, 3.05) is 13.2 Å². The average Bonchev–Trinajstić information content (AvgIpc) is 2.73. The first-order valence-electron chi connectivity index (χ1n) is 6.62. The summed E-state index contributed by atoms with van der Waals surface area (Å²) in [6.45, 7) is 4.94. The topological polar surface area (TPSA) is 75.6 Å². The predicted octanol–water partition coefficient (Wildman–Crippen LogP) is 1.56. The van der Waals surface area contributed by atoms with E-state index in [1.807, 2.05) is 0 Å². The van der Waals surface area contributed by atoms with Gasteiger partial charge in [0.15, 0.2) is 0 Å². The van der Waals surface area contributed by atoms with Crippen molar-refractivity contribution in [3.63, 3.8) is 0 Å². The molecule has 1 aliphatic rings. The van der Waals surface area contributed by atoms with Crippen molar-refractivity contribution in [3.05, 3.63) is 0 Å². The summed E-state index contributed by atoms with van der Waals surface area (Å²) >= 11 is 0. The van der Waals surface area contributed by atoms with Gasteiger partial charge in [0.2, 0.25) is 5.91 Å². The van der Waals surface area contributed by atoms with Gasteiger partial charge in [0, 0.05) is 13.0 Å². The second-order valence-corrected chi connectivity index (χ2v) is 5.09. The van der Waals surface area contributed by atoms with Crippen LogP contribution in [0.5, 0.6) is 0 Å². The van der Waals surface area contributed by atoms with Crippen LogP contribution in [0.1, 0.15) is 46.0 Å². The number of amides is 1. The monoisotopic (exact) mass is 257 g/mol. The second kappa shape index (κ2) is 6.73. The maximum absolute atomic E-state index is 12.0. The Morgan fingerprint density at radius 3 is 2.50 bits per heavy atom. The first-order chi connectivity index (χ1) is 8.51. The number of aliphatic carboxylic acids is 1. The molecule has 1 atom stereocenters. The Kier molecular flexibility index (Phi) is 5.59. The van der Waals surface area contributed by atoms with Crippen LogP contribution in [0.2, 0.25) is 0 Å². The van der Waals surface area contributed by atoms with Crippen LogP contribution in [0.25, 0.3) is 0 Å². The van der Waals surface area contributed by atoms with E-state index in [-0.39, 0.29) is 12.3 Å². The number of carboxylic acid groups (broad SMARTS) is 1. The third-order valence-corrected chi connectivity index (χ3v) is 3.63. The van der Waals surface area contributed by atoms with E-state index in [4.69, 9.17) is 9.84 Å². The highest BCUT2D eigenvalue weighted by molar-refractivity contribution is 5.78. The van der Waals surface area contributed by atoms with Crippen LogP contribution in [-0.2, 0) is 14.3 Å². The molecule has 2 N–H and O–H groups in total. The summed E-state index contributed by atoms with van der Waals surface area (Å²) in [5.74, 6) is -0.590. The lowest BCUT2D eigenvalue weighted by atomic mass is 9.92. The lowest BCUT2D eigenvalue weighted by molar-refractivity contribution is -0.139. The third kappa shape index (κ3) is 4.29. The van der Waals surface area contributed by atoms with E-state index in [1.54, 1.807) is 0 Å². The van der Waals surface area contributed by atoms with Crippen LogP contribution >= 0.6 is 0 Å². The molecule has 1 heterocycles. The van der Waals surface area contributed by atoms with Crippen LogP contribution in [-0.4, -0.2) is 35.7 Å². The smallest absolute Gasteiger partial charge is 0.305 e. The number of carbonyl (C=O) groups excluding carboxylic acids is 1. The Morgan fingerprint density at radius 1 is 1.39 bits per heavy atom. The molecule has 0 aromatic rings. The number of rotatable bonds is 7. The standard InChI is InChI=1S/C13H23NO4/c1-3-10(4-2)7-11(15)14-13(8-12(16)17)5-6-18-9-13/h10H,3-9H2,1-2H3,(H,14,15)(H,16,17). The van der Waals surface area contributed by atoms with Gasteiger partial charge in [-0.25, -0.2) is 0 Å². The Bertz CT molecular complexity index is 293. The molecule has 0 bridgehead atoms. The second-order valence-electron chi connectivity index (χ2n) is 5.09. The minimum absolute atomic E-state index is 0.0598. The molecule has 18 heavy (non-hydrogen) atoms. The molecular formula is C13H23NO4. The summed E-state index contributed by atoms with van der Waals surface area (Å²) in [5, 5.41) is 11.8. The lowest BCUT2D eigenvalue weighted by Crippen LogP contribution is -2.50. The molecule has 1 aliphatic heterocycles. The molecule has 1 unspecified atom stereocenters. The zero-order valence-electron chi connectivity index (χ0n) is 11.2. The van der Waals surface area contributed by atoms with Gasteiger partial charge in [0.25, 0.3) is 0 Å². The van der Waals surface area contributed by atoms with Crippen LogP contribution in [0, 0.1) is 5.92 Å². The van der Waals surface area contributed by atoms with Crippen molar-refractivity contribution < 1.29 is 19.4 Å². The summed E-state index contributed by atoms with van der Waals surface area (Å²) in [4.78, 5) is 22.8. The average molecular weight is 257 g/mol. The summed E-state index contributed by atoms with van der Waals surface area (Å²) in [6.07, 6.45) is 2.91. The van der Waals surface area contributed by atoms with Crippen molar-refractivity contribution in [2.45, 2.75) is 51.5 Å². The fourth-order valence-electron chi connectivity index (χ4n) is 2.37. The molecule has 1 fully saturated rings. The van der Waals surface area contributed by atoms with Gasteiger partial charge in [0.1, 0.15) is 0 Å². The number of carbonyl (C=O) groups is 2. The molecule has 1 rings (SSSR count). The lowest BCUT2D eigenvalue weighted by Gasteiger charge is -2.27.